The summed E-state index contributed by atoms with van der Waals surface area (Å²) in [6, 6.07) is 8.40. The molecular weight excluding hydrogens is 291 g/mol. The van der Waals surface area contributed by atoms with Crippen molar-refractivity contribution >= 4 is 16.8 Å². The highest BCUT2D eigenvalue weighted by molar-refractivity contribution is 6.67. The first-order valence-corrected chi connectivity index (χ1v) is 6.96. The molecule has 0 aliphatic carbocycles. The quantitative estimate of drug-likeness (QED) is 0.765. The van der Waals surface area contributed by atoms with Gasteiger partial charge >= 0.3 is 0 Å². The number of hydrogen-bond acceptors (Lipinski definition) is 2. The SMILES string of the molecule is Cc1cc(C)c(OCc2c(C)cccc2C(=O)Cl)cc1F. The standard InChI is InChI=1S/C17H16ClFO2/c1-10-5-4-6-13(17(18)20)14(10)9-21-16-8-15(19)11(2)7-12(16)3/h4-8H,9H2,1-3H3. The van der Waals surface area contributed by atoms with Crippen molar-refractivity contribution in [2.45, 2.75) is 27.4 Å². The predicted molar refractivity (Wildman–Crippen MR) is 81.6 cm³/mol. The second-order valence-corrected chi connectivity index (χ2v) is 5.37. The van der Waals surface area contributed by atoms with Gasteiger partial charge in [-0.15, -0.1) is 0 Å². The smallest absolute Gasteiger partial charge is 0.252 e. The highest BCUT2D eigenvalue weighted by Crippen LogP contribution is 2.24. The maximum Gasteiger partial charge on any atom is 0.252 e. The van der Waals surface area contributed by atoms with E-state index in [4.69, 9.17) is 16.3 Å². The molecule has 0 amide bonds. The van der Waals surface area contributed by atoms with Gasteiger partial charge in [0.15, 0.2) is 0 Å². The normalized spacial score (nSPS) is 10.5. The zero-order chi connectivity index (χ0) is 15.6. The molecule has 4 heteroatoms. The van der Waals surface area contributed by atoms with Crippen molar-refractivity contribution in [2.75, 3.05) is 0 Å². The maximum atomic E-state index is 13.6. The molecule has 0 bridgehead atoms. The Morgan fingerprint density at radius 3 is 2.52 bits per heavy atom. The van der Waals surface area contributed by atoms with Gasteiger partial charge in [-0.1, -0.05) is 12.1 Å². The van der Waals surface area contributed by atoms with Crippen LogP contribution < -0.4 is 4.74 Å². The van der Waals surface area contributed by atoms with Crippen molar-refractivity contribution < 1.29 is 13.9 Å². The Kier molecular flexibility index (Phi) is 4.63. The van der Waals surface area contributed by atoms with Crippen molar-refractivity contribution in [3.8, 4) is 5.75 Å². The van der Waals surface area contributed by atoms with Crippen LogP contribution in [0.1, 0.15) is 32.6 Å². The van der Waals surface area contributed by atoms with E-state index in [1.165, 1.54) is 6.07 Å². The van der Waals surface area contributed by atoms with E-state index in [0.29, 0.717) is 16.9 Å². The third kappa shape index (κ3) is 3.42. The Labute approximate surface area is 128 Å². The molecule has 0 unspecified atom stereocenters. The minimum absolute atomic E-state index is 0.170. The third-order valence-electron chi connectivity index (χ3n) is 3.45. The number of rotatable bonds is 4. The molecule has 0 saturated heterocycles. The number of halogens is 2. The zero-order valence-electron chi connectivity index (χ0n) is 12.2. The number of ether oxygens (including phenoxy) is 1. The molecule has 2 aromatic carbocycles. The predicted octanol–water partition coefficient (Wildman–Crippen LogP) is 4.71. The Morgan fingerprint density at radius 2 is 1.86 bits per heavy atom. The van der Waals surface area contributed by atoms with Crippen LogP contribution in [0.5, 0.6) is 5.75 Å². The van der Waals surface area contributed by atoms with E-state index in [1.807, 2.05) is 19.9 Å². The van der Waals surface area contributed by atoms with Gasteiger partial charge in [-0.05, 0) is 61.2 Å². The van der Waals surface area contributed by atoms with Crippen molar-refractivity contribution in [3.63, 3.8) is 0 Å². The molecule has 0 radical (unpaired) electrons. The van der Waals surface area contributed by atoms with Gasteiger partial charge in [-0.2, -0.15) is 0 Å². The van der Waals surface area contributed by atoms with Gasteiger partial charge < -0.3 is 4.74 Å². The first kappa shape index (κ1) is 15.5. The molecule has 0 aliphatic rings. The van der Waals surface area contributed by atoms with Crippen LogP contribution in [0.3, 0.4) is 0 Å². The second kappa shape index (κ2) is 6.27. The molecule has 0 spiro atoms. The number of benzene rings is 2. The van der Waals surface area contributed by atoms with Gasteiger partial charge in [-0.25, -0.2) is 4.39 Å². The van der Waals surface area contributed by atoms with Gasteiger partial charge in [0.05, 0.1) is 0 Å². The molecule has 0 saturated carbocycles. The largest absolute Gasteiger partial charge is 0.488 e. The first-order chi connectivity index (χ1) is 9.90. The summed E-state index contributed by atoms with van der Waals surface area (Å²) >= 11 is 5.58. The van der Waals surface area contributed by atoms with Crippen molar-refractivity contribution in [1.29, 1.82) is 0 Å². The second-order valence-electron chi connectivity index (χ2n) is 5.03. The molecule has 0 fully saturated rings. The Bertz CT molecular complexity index is 695. The van der Waals surface area contributed by atoms with Crippen LogP contribution in [-0.4, -0.2) is 5.24 Å². The molecule has 2 rings (SSSR count). The lowest BCUT2D eigenvalue weighted by Gasteiger charge is -2.14. The van der Waals surface area contributed by atoms with Gasteiger partial charge in [0.25, 0.3) is 5.24 Å². The summed E-state index contributed by atoms with van der Waals surface area (Å²) in [7, 11) is 0. The summed E-state index contributed by atoms with van der Waals surface area (Å²) in [6.45, 7) is 5.61. The Hall–Kier alpha value is -1.87. The van der Waals surface area contributed by atoms with Crippen LogP contribution in [0.2, 0.25) is 0 Å². The van der Waals surface area contributed by atoms with Crippen LogP contribution in [-0.2, 0) is 6.61 Å². The van der Waals surface area contributed by atoms with Crippen molar-refractivity contribution in [3.05, 3.63) is 64.0 Å². The lowest BCUT2D eigenvalue weighted by atomic mass is 10.0. The van der Waals surface area contributed by atoms with E-state index in [2.05, 4.69) is 0 Å². The lowest BCUT2D eigenvalue weighted by Crippen LogP contribution is -2.06. The molecule has 0 N–H and O–H groups in total. The summed E-state index contributed by atoms with van der Waals surface area (Å²) in [5.74, 6) is 0.156. The van der Waals surface area contributed by atoms with Crippen LogP contribution in [0, 0.1) is 26.6 Å². The molecular formula is C17H16ClFO2. The number of carbonyl (C=O) groups excluding carboxylic acids is 1. The van der Waals surface area contributed by atoms with Crippen LogP contribution in [0.15, 0.2) is 30.3 Å². The fourth-order valence-electron chi connectivity index (χ4n) is 2.19. The summed E-state index contributed by atoms with van der Waals surface area (Å²) in [5.41, 5.74) is 3.47. The monoisotopic (exact) mass is 306 g/mol. The zero-order valence-corrected chi connectivity index (χ0v) is 12.9. The van der Waals surface area contributed by atoms with E-state index in [-0.39, 0.29) is 12.4 Å². The maximum absolute atomic E-state index is 13.6. The van der Waals surface area contributed by atoms with Gasteiger partial charge in [-0.3, -0.25) is 4.79 Å². The summed E-state index contributed by atoms with van der Waals surface area (Å²) in [6.07, 6.45) is 0. The third-order valence-corrected chi connectivity index (χ3v) is 3.65. The van der Waals surface area contributed by atoms with Gasteiger partial charge in [0.1, 0.15) is 18.2 Å². The Balaban J connectivity index is 2.29. The molecule has 21 heavy (non-hydrogen) atoms. The van der Waals surface area contributed by atoms with E-state index in [9.17, 15) is 9.18 Å². The molecule has 0 aliphatic heterocycles. The topological polar surface area (TPSA) is 26.3 Å². The molecule has 0 heterocycles. The van der Waals surface area contributed by atoms with Crippen LogP contribution in [0.25, 0.3) is 0 Å². The van der Waals surface area contributed by atoms with Crippen LogP contribution >= 0.6 is 11.6 Å². The van der Waals surface area contributed by atoms with Gasteiger partial charge in [0.2, 0.25) is 0 Å². The summed E-state index contributed by atoms with van der Waals surface area (Å²) < 4.78 is 19.3. The average Bonchev–Trinajstić information content (AvgIpc) is 2.42. The highest BCUT2D eigenvalue weighted by atomic mass is 35.5. The molecule has 110 valence electrons. The van der Waals surface area contributed by atoms with E-state index < -0.39 is 5.24 Å². The lowest BCUT2D eigenvalue weighted by molar-refractivity contribution is 0.107. The minimum Gasteiger partial charge on any atom is -0.488 e. The minimum atomic E-state index is -0.524. The molecule has 2 aromatic rings. The molecule has 0 atom stereocenters. The number of hydrogen-bond donors (Lipinski definition) is 0. The fraction of sp³-hybridized carbons (Fsp3) is 0.235. The van der Waals surface area contributed by atoms with E-state index in [1.54, 1.807) is 25.1 Å². The fourth-order valence-corrected chi connectivity index (χ4v) is 2.37. The number of carbonyl (C=O) groups is 1. The first-order valence-electron chi connectivity index (χ1n) is 6.58. The van der Waals surface area contributed by atoms with E-state index >= 15 is 0 Å². The Morgan fingerprint density at radius 1 is 1.14 bits per heavy atom. The van der Waals surface area contributed by atoms with Crippen LogP contribution in [0.4, 0.5) is 4.39 Å². The highest BCUT2D eigenvalue weighted by Gasteiger charge is 2.13. The van der Waals surface area contributed by atoms with Crippen molar-refractivity contribution in [1.82, 2.24) is 0 Å². The average molecular weight is 307 g/mol. The summed E-state index contributed by atoms with van der Waals surface area (Å²) in [4.78, 5) is 11.4. The number of aryl methyl sites for hydroxylation is 3. The molecule has 2 nitrogen and oxygen atoms in total. The van der Waals surface area contributed by atoms with Gasteiger partial charge in [0, 0.05) is 17.2 Å². The van der Waals surface area contributed by atoms with Crippen molar-refractivity contribution in [2.24, 2.45) is 0 Å². The molecule has 0 aromatic heterocycles. The van der Waals surface area contributed by atoms with E-state index in [0.717, 1.165) is 16.7 Å². The summed E-state index contributed by atoms with van der Waals surface area (Å²) in [5, 5.41) is -0.524.